The van der Waals surface area contributed by atoms with Crippen LogP contribution in [0, 0.1) is 5.82 Å². The van der Waals surface area contributed by atoms with Gasteiger partial charge in [0.15, 0.2) is 11.6 Å². The summed E-state index contributed by atoms with van der Waals surface area (Å²) in [5.74, 6) is 1.22. The highest BCUT2D eigenvalue weighted by Crippen LogP contribution is 2.36. The Balaban J connectivity index is 1.50. The first-order chi connectivity index (χ1) is 19.0. The van der Waals surface area contributed by atoms with Crippen molar-refractivity contribution in [2.45, 2.75) is 37.3 Å². The summed E-state index contributed by atoms with van der Waals surface area (Å²) in [5, 5.41) is 21.4. The third-order valence-electron chi connectivity index (χ3n) is 7.00. The van der Waals surface area contributed by atoms with E-state index in [2.05, 4.69) is 27.5 Å². The number of aliphatic hydroxyl groups is 1. The number of aliphatic hydroxyl groups excluding tert-OH is 1. The SMILES string of the molecule is C=CC(O)N[C@H]1COC[C@H]1Nc1cc2c(NCC3CCCO3)nc(-c3cc(OC)cc(OC)c3F)cc2cn1. The van der Waals surface area contributed by atoms with E-state index in [1.807, 2.05) is 6.07 Å². The molecule has 0 radical (unpaired) electrons. The largest absolute Gasteiger partial charge is 0.497 e. The van der Waals surface area contributed by atoms with Gasteiger partial charge in [0.05, 0.1) is 51.3 Å². The second kappa shape index (κ2) is 12.1. The summed E-state index contributed by atoms with van der Waals surface area (Å²) in [4.78, 5) is 9.43. The Hall–Kier alpha value is -3.51. The lowest BCUT2D eigenvalue weighted by molar-refractivity contribution is 0.120. The van der Waals surface area contributed by atoms with E-state index in [9.17, 15) is 5.11 Å². The van der Waals surface area contributed by atoms with Crippen LogP contribution in [-0.4, -0.2) is 80.1 Å². The zero-order valence-corrected chi connectivity index (χ0v) is 22.1. The van der Waals surface area contributed by atoms with Crippen molar-refractivity contribution in [3.05, 3.63) is 48.9 Å². The summed E-state index contributed by atoms with van der Waals surface area (Å²) in [6.07, 6.45) is 4.39. The third-order valence-corrected chi connectivity index (χ3v) is 7.00. The molecule has 208 valence electrons. The number of rotatable bonds is 11. The zero-order valence-electron chi connectivity index (χ0n) is 22.1. The van der Waals surface area contributed by atoms with E-state index in [-0.39, 0.29) is 29.5 Å². The van der Waals surface area contributed by atoms with Crippen LogP contribution in [0.25, 0.3) is 22.0 Å². The molecule has 0 spiro atoms. The molecule has 5 rings (SSSR count). The van der Waals surface area contributed by atoms with Gasteiger partial charge in [-0.1, -0.05) is 6.58 Å². The highest BCUT2D eigenvalue weighted by molar-refractivity contribution is 5.95. The summed E-state index contributed by atoms with van der Waals surface area (Å²) >= 11 is 0. The van der Waals surface area contributed by atoms with Gasteiger partial charge in [-0.05, 0) is 37.1 Å². The second-order valence-electron chi connectivity index (χ2n) is 9.60. The number of methoxy groups -OCH3 is 2. The van der Waals surface area contributed by atoms with Crippen molar-refractivity contribution >= 4 is 22.4 Å². The molecule has 0 amide bonds. The molecule has 4 N–H and O–H groups in total. The number of fused-ring (bicyclic) bond motifs is 1. The van der Waals surface area contributed by atoms with E-state index in [0.717, 1.165) is 30.2 Å². The molecule has 2 aliphatic heterocycles. The summed E-state index contributed by atoms with van der Waals surface area (Å²) in [5.41, 5.74) is 0.676. The maximum atomic E-state index is 15.4. The second-order valence-corrected chi connectivity index (χ2v) is 9.60. The molecule has 39 heavy (non-hydrogen) atoms. The first-order valence-electron chi connectivity index (χ1n) is 13.0. The molecular formula is C28H34FN5O5. The molecule has 2 saturated heterocycles. The lowest BCUT2D eigenvalue weighted by atomic mass is 10.1. The smallest absolute Gasteiger partial charge is 0.174 e. The number of nitrogens with one attached hydrogen (secondary N) is 3. The van der Waals surface area contributed by atoms with Crippen LogP contribution in [0.5, 0.6) is 11.5 Å². The Morgan fingerprint density at radius 3 is 2.79 bits per heavy atom. The maximum absolute atomic E-state index is 15.4. The molecule has 3 aromatic rings. The number of ether oxygens (including phenoxy) is 4. The van der Waals surface area contributed by atoms with Crippen LogP contribution in [0.3, 0.4) is 0 Å². The third kappa shape index (κ3) is 6.06. The van der Waals surface area contributed by atoms with Crippen LogP contribution in [-0.2, 0) is 9.47 Å². The highest BCUT2D eigenvalue weighted by Gasteiger charge is 2.29. The van der Waals surface area contributed by atoms with Gasteiger partial charge in [-0.3, -0.25) is 5.32 Å². The van der Waals surface area contributed by atoms with Crippen molar-refractivity contribution in [2.75, 3.05) is 51.2 Å². The first kappa shape index (κ1) is 27.1. The lowest BCUT2D eigenvalue weighted by Gasteiger charge is -2.23. The molecular weight excluding hydrogens is 505 g/mol. The van der Waals surface area contributed by atoms with Crippen molar-refractivity contribution in [1.82, 2.24) is 15.3 Å². The number of nitrogens with zero attached hydrogens (tertiary/aromatic N) is 2. The molecule has 2 fully saturated rings. The quantitative estimate of drug-likeness (QED) is 0.213. The van der Waals surface area contributed by atoms with E-state index in [1.165, 1.54) is 26.4 Å². The Morgan fingerprint density at radius 2 is 2.05 bits per heavy atom. The van der Waals surface area contributed by atoms with Gasteiger partial charge >= 0.3 is 0 Å². The van der Waals surface area contributed by atoms with Crippen LogP contribution in [0.15, 0.2) is 43.1 Å². The Bertz CT molecular complexity index is 1320. The van der Waals surface area contributed by atoms with E-state index in [0.29, 0.717) is 42.8 Å². The number of pyridine rings is 2. The van der Waals surface area contributed by atoms with Crippen molar-refractivity contribution in [2.24, 2.45) is 0 Å². The van der Waals surface area contributed by atoms with E-state index in [4.69, 9.17) is 23.9 Å². The number of hydrogen-bond donors (Lipinski definition) is 4. The summed E-state index contributed by atoms with van der Waals surface area (Å²) in [7, 11) is 2.93. The zero-order chi connectivity index (χ0) is 27.4. The summed E-state index contributed by atoms with van der Waals surface area (Å²) < 4.78 is 37.3. The number of benzene rings is 1. The summed E-state index contributed by atoms with van der Waals surface area (Å²) in [6.45, 7) is 5.83. The summed E-state index contributed by atoms with van der Waals surface area (Å²) in [6, 6.07) is 6.57. The number of halogens is 1. The van der Waals surface area contributed by atoms with E-state index < -0.39 is 12.0 Å². The monoisotopic (exact) mass is 539 g/mol. The molecule has 4 atom stereocenters. The fourth-order valence-electron chi connectivity index (χ4n) is 4.88. The molecule has 2 unspecified atom stereocenters. The standard InChI is InChI=1S/C28H34FN5O5/c1-4-26(35)33-23-15-38-14-22(23)32-25-11-19-16(12-30-25)8-21(34-28(19)31-13-17-6-5-7-39-17)20-9-18(36-2)10-24(37-3)27(20)29/h4,8-12,17,22-23,26,33,35H,1,5-7,13-15H2,2-3H3,(H,30,32)(H,31,34)/t17?,22-,23+,26?/m1/s1. The average molecular weight is 540 g/mol. The lowest BCUT2D eigenvalue weighted by Crippen LogP contribution is -2.47. The fourth-order valence-corrected chi connectivity index (χ4v) is 4.88. The van der Waals surface area contributed by atoms with E-state index >= 15 is 4.39 Å². The van der Waals surface area contributed by atoms with Crippen LogP contribution in [0.4, 0.5) is 16.0 Å². The maximum Gasteiger partial charge on any atom is 0.174 e. The van der Waals surface area contributed by atoms with Gasteiger partial charge in [0.1, 0.15) is 23.6 Å². The van der Waals surface area contributed by atoms with Gasteiger partial charge in [0.2, 0.25) is 0 Å². The van der Waals surface area contributed by atoms with Gasteiger partial charge in [0, 0.05) is 41.8 Å². The minimum Gasteiger partial charge on any atom is -0.497 e. The molecule has 0 saturated carbocycles. The molecule has 0 aliphatic carbocycles. The van der Waals surface area contributed by atoms with Gasteiger partial charge in [-0.25, -0.2) is 14.4 Å². The normalized spacial score (nSPS) is 21.6. The minimum absolute atomic E-state index is 0.0707. The van der Waals surface area contributed by atoms with Crippen LogP contribution in [0.2, 0.25) is 0 Å². The predicted octanol–water partition coefficient (Wildman–Crippen LogP) is 3.32. The Morgan fingerprint density at radius 1 is 1.21 bits per heavy atom. The van der Waals surface area contributed by atoms with E-state index in [1.54, 1.807) is 18.3 Å². The molecule has 10 nitrogen and oxygen atoms in total. The number of anilines is 2. The molecule has 2 aliphatic rings. The van der Waals surface area contributed by atoms with Crippen molar-refractivity contribution in [1.29, 1.82) is 0 Å². The molecule has 0 bridgehead atoms. The van der Waals surface area contributed by atoms with Gasteiger partial charge < -0.3 is 34.7 Å². The highest BCUT2D eigenvalue weighted by atomic mass is 19.1. The first-order valence-corrected chi connectivity index (χ1v) is 13.0. The van der Waals surface area contributed by atoms with Crippen molar-refractivity contribution in [3.8, 4) is 22.8 Å². The minimum atomic E-state index is -0.836. The number of aromatic nitrogens is 2. The Labute approximate surface area is 226 Å². The van der Waals surface area contributed by atoms with Crippen LogP contribution >= 0.6 is 0 Å². The number of hydrogen-bond acceptors (Lipinski definition) is 10. The Kier molecular flexibility index (Phi) is 8.41. The van der Waals surface area contributed by atoms with Gasteiger partial charge in [0.25, 0.3) is 0 Å². The predicted molar refractivity (Wildman–Crippen MR) is 147 cm³/mol. The van der Waals surface area contributed by atoms with Crippen molar-refractivity contribution in [3.63, 3.8) is 0 Å². The van der Waals surface area contributed by atoms with Crippen LogP contribution in [0.1, 0.15) is 12.8 Å². The average Bonchev–Trinajstić information content (AvgIpc) is 3.64. The van der Waals surface area contributed by atoms with Crippen LogP contribution < -0.4 is 25.4 Å². The van der Waals surface area contributed by atoms with Crippen molar-refractivity contribution < 1.29 is 28.4 Å². The molecule has 2 aromatic heterocycles. The van der Waals surface area contributed by atoms with Gasteiger partial charge in [-0.15, -0.1) is 0 Å². The molecule has 1 aromatic carbocycles. The topological polar surface area (TPSA) is 119 Å². The van der Waals surface area contributed by atoms with Gasteiger partial charge in [-0.2, -0.15) is 0 Å². The molecule has 11 heteroatoms. The molecule has 4 heterocycles. The fraction of sp³-hybridized carbons (Fsp3) is 0.429.